The van der Waals surface area contributed by atoms with Gasteiger partial charge in [-0.05, 0) is 90.4 Å². The second kappa shape index (κ2) is 6.90. The third kappa shape index (κ3) is 3.94. The van der Waals surface area contributed by atoms with E-state index >= 15 is 0 Å². The smallest absolute Gasteiger partial charge is 0.0357 e. The molecule has 3 heteroatoms. The van der Waals surface area contributed by atoms with Crippen molar-refractivity contribution < 1.29 is 0 Å². The van der Waals surface area contributed by atoms with Gasteiger partial charge in [-0.15, -0.1) is 0 Å². The van der Waals surface area contributed by atoms with Crippen molar-refractivity contribution in [2.75, 3.05) is 7.05 Å². The molecule has 19 heavy (non-hydrogen) atoms. The van der Waals surface area contributed by atoms with E-state index in [9.17, 15) is 0 Å². The van der Waals surface area contributed by atoms with E-state index in [0.717, 1.165) is 17.8 Å². The van der Waals surface area contributed by atoms with E-state index in [1.165, 1.54) is 32.9 Å². The minimum absolute atomic E-state index is 0.467. The molecule has 1 aromatic carbocycles. The average molecular weight is 436 g/mol. The summed E-state index contributed by atoms with van der Waals surface area (Å²) >= 11 is 6.13. The summed E-state index contributed by atoms with van der Waals surface area (Å²) in [6.07, 6.45) is 4.07. The van der Waals surface area contributed by atoms with Crippen LogP contribution in [0, 0.1) is 21.3 Å². The highest BCUT2D eigenvalue weighted by atomic mass is 127. The van der Waals surface area contributed by atoms with Gasteiger partial charge in [-0.2, -0.15) is 0 Å². The number of hydrogen-bond acceptors (Lipinski definition) is 1. The van der Waals surface area contributed by atoms with Gasteiger partial charge in [-0.1, -0.05) is 29.8 Å². The summed E-state index contributed by atoms with van der Waals surface area (Å²) in [6, 6.07) is 7.12. The molecule has 1 N–H and O–H groups in total. The van der Waals surface area contributed by atoms with Gasteiger partial charge in [0.2, 0.25) is 0 Å². The average Bonchev–Trinajstić information content (AvgIpc) is 2.33. The maximum Gasteiger partial charge on any atom is 0.0357 e. The fraction of sp³-hybridized carbons (Fsp3) is 0.625. The lowest BCUT2D eigenvalue weighted by atomic mass is 9.72. The predicted octanol–water partition coefficient (Wildman–Crippen LogP) is 5.39. The number of nitrogens with one attached hydrogen (secondary N) is 1. The first-order valence-corrected chi connectivity index (χ1v) is 9.00. The van der Waals surface area contributed by atoms with Crippen LogP contribution in [0.25, 0.3) is 0 Å². The first-order valence-electron chi connectivity index (χ1n) is 7.13. The molecule has 2 rings (SSSR count). The van der Waals surface area contributed by atoms with Crippen LogP contribution in [-0.4, -0.2) is 7.05 Å². The summed E-state index contributed by atoms with van der Waals surface area (Å²) in [4.78, 5) is 0. The molecule has 106 valence electrons. The molecule has 0 amide bonds. The van der Waals surface area contributed by atoms with Gasteiger partial charge in [-0.3, -0.25) is 0 Å². The summed E-state index contributed by atoms with van der Waals surface area (Å²) in [5.74, 6) is 2.45. The molecule has 0 aromatic heterocycles. The molecule has 1 aliphatic carbocycles. The molecule has 0 bridgehead atoms. The largest absolute Gasteiger partial charge is 0.313 e. The van der Waals surface area contributed by atoms with E-state index in [4.69, 9.17) is 0 Å². The Morgan fingerprint density at radius 1 is 1.21 bits per heavy atom. The van der Waals surface area contributed by atoms with Crippen LogP contribution in [-0.2, 0) is 0 Å². The van der Waals surface area contributed by atoms with Crippen molar-refractivity contribution in [2.24, 2.45) is 17.8 Å². The van der Waals surface area contributed by atoms with E-state index in [0.29, 0.717) is 6.04 Å². The summed E-state index contributed by atoms with van der Waals surface area (Å²) < 4.78 is 2.55. The van der Waals surface area contributed by atoms with Gasteiger partial charge < -0.3 is 5.32 Å². The minimum Gasteiger partial charge on any atom is -0.313 e. The van der Waals surface area contributed by atoms with Crippen molar-refractivity contribution in [3.63, 3.8) is 0 Å². The van der Waals surface area contributed by atoms with Crippen LogP contribution in [0.2, 0.25) is 0 Å². The molecule has 3 unspecified atom stereocenters. The fourth-order valence-electron chi connectivity index (χ4n) is 3.68. The van der Waals surface area contributed by atoms with E-state index in [-0.39, 0.29) is 0 Å². The van der Waals surface area contributed by atoms with E-state index in [2.05, 4.69) is 82.9 Å². The Bertz CT molecular complexity index is 425. The topological polar surface area (TPSA) is 12.0 Å². The molecular formula is C16H23BrIN. The van der Waals surface area contributed by atoms with Crippen molar-refractivity contribution in [3.8, 4) is 0 Å². The normalized spacial score (nSPS) is 29.2. The Kier molecular flexibility index (Phi) is 5.73. The quantitative estimate of drug-likeness (QED) is 0.628. The molecule has 0 aliphatic heterocycles. The fourth-order valence-corrected chi connectivity index (χ4v) is 4.69. The van der Waals surface area contributed by atoms with Crippen LogP contribution in [0.1, 0.15) is 44.7 Å². The van der Waals surface area contributed by atoms with E-state index in [1.807, 2.05) is 0 Å². The number of hydrogen-bond donors (Lipinski definition) is 1. The number of rotatable bonds is 3. The molecule has 1 saturated carbocycles. The lowest BCUT2D eigenvalue weighted by Gasteiger charge is -2.37. The van der Waals surface area contributed by atoms with Gasteiger partial charge in [-0.25, -0.2) is 0 Å². The molecular weight excluding hydrogens is 413 g/mol. The highest BCUT2D eigenvalue weighted by molar-refractivity contribution is 14.1. The zero-order valence-corrected chi connectivity index (χ0v) is 15.7. The van der Waals surface area contributed by atoms with Gasteiger partial charge >= 0.3 is 0 Å². The highest BCUT2D eigenvalue weighted by Crippen LogP contribution is 2.41. The molecule has 1 aromatic rings. The lowest BCUT2D eigenvalue weighted by Crippen LogP contribution is -2.31. The molecule has 0 heterocycles. The van der Waals surface area contributed by atoms with Gasteiger partial charge in [0.25, 0.3) is 0 Å². The van der Waals surface area contributed by atoms with Crippen molar-refractivity contribution >= 4 is 38.5 Å². The third-order valence-electron chi connectivity index (χ3n) is 4.29. The molecule has 3 atom stereocenters. The summed E-state index contributed by atoms with van der Waals surface area (Å²) in [5, 5.41) is 3.56. The van der Waals surface area contributed by atoms with Gasteiger partial charge in [0.05, 0.1) is 0 Å². The summed E-state index contributed by atoms with van der Waals surface area (Å²) in [6.45, 7) is 4.80. The highest BCUT2D eigenvalue weighted by Gasteiger charge is 2.31. The third-order valence-corrected chi connectivity index (χ3v) is 5.68. The zero-order chi connectivity index (χ0) is 14.0. The predicted molar refractivity (Wildman–Crippen MR) is 94.3 cm³/mol. The van der Waals surface area contributed by atoms with Gasteiger partial charge in [0.1, 0.15) is 0 Å². The molecule has 1 aliphatic rings. The molecule has 1 fully saturated rings. The molecule has 1 nitrogen and oxygen atoms in total. The minimum atomic E-state index is 0.467. The summed E-state index contributed by atoms with van der Waals surface area (Å²) in [7, 11) is 2.10. The van der Waals surface area contributed by atoms with Gasteiger partial charge in [0.15, 0.2) is 0 Å². The van der Waals surface area contributed by atoms with Crippen molar-refractivity contribution in [1.82, 2.24) is 5.32 Å². The van der Waals surface area contributed by atoms with Crippen molar-refractivity contribution in [1.29, 1.82) is 0 Å². The maximum absolute atomic E-state index is 3.73. The first-order chi connectivity index (χ1) is 9.01. The van der Waals surface area contributed by atoms with Crippen LogP contribution in [0.15, 0.2) is 22.7 Å². The SMILES string of the molecule is CNC(c1cc(I)ccc1Br)C1CC(C)CC(C)C1. The standard InChI is InChI=1S/C16H23BrIN/c1-10-6-11(2)8-12(7-10)16(19-3)14-9-13(18)4-5-15(14)17/h4-5,9-12,16,19H,6-8H2,1-3H3. The van der Waals surface area contributed by atoms with Crippen molar-refractivity contribution in [3.05, 3.63) is 31.8 Å². The Labute approximate surface area is 139 Å². The molecule has 0 radical (unpaired) electrons. The Morgan fingerprint density at radius 2 is 1.84 bits per heavy atom. The maximum atomic E-state index is 3.73. The zero-order valence-electron chi connectivity index (χ0n) is 11.9. The Morgan fingerprint density at radius 3 is 2.42 bits per heavy atom. The van der Waals surface area contributed by atoms with Crippen LogP contribution < -0.4 is 5.32 Å². The number of benzene rings is 1. The monoisotopic (exact) mass is 435 g/mol. The van der Waals surface area contributed by atoms with Gasteiger partial charge in [0, 0.05) is 14.1 Å². The van der Waals surface area contributed by atoms with Crippen LogP contribution in [0.5, 0.6) is 0 Å². The molecule has 0 saturated heterocycles. The van der Waals surface area contributed by atoms with Crippen LogP contribution in [0.3, 0.4) is 0 Å². The second-order valence-corrected chi connectivity index (χ2v) is 8.21. The van der Waals surface area contributed by atoms with E-state index in [1.54, 1.807) is 0 Å². The van der Waals surface area contributed by atoms with Crippen molar-refractivity contribution in [2.45, 2.75) is 39.2 Å². The lowest BCUT2D eigenvalue weighted by molar-refractivity contribution is 0.180. The molecule has 0 spiro atoms. The van der Waals surface area contributed by atoms with Crippen LogP contribution >= 0.6 is 38.5 Å². The second-order valence-electron chi connectivity index (χ2n) is 6.11. The Hall–Kier alpha value is 0.390. The summed E-state index contributed by atoms with van der Waals surface area (Å²) in [5.41, 5.74) is 1.42. The van der Waals surface area contributed by atoms with E-state index < -0.39 is 0 Å². The Balaban J connectivity index is 2.26. The number of halogens is 2. The first kappa shape index (κ1) is 15.8. The van der Waals surface area contributed by atoms with Crippen LogP contribution in [0.4, 0.5) is 0 Å².